The molecule has 1 atom stereocenters. The Labute approximate surface area is 192 Å². The fraction of sp³-hybridized carbons (Fsp3) is 0.478. The van der Waals surface area contributed by atoms with Crippen molar-refractivity contribution in [2.24, 2.45) is 5.92 Å². The number of hydrogen-bond acceptors (Lipinski definition) is 7. The summed E-state index contributed by atoms with van der Waals surface area (Å²) in [6, 6.07) is 7.48. The second-order valence-corrected chi connectivity index (χ2v) is 9.52. The van der Waals surface area contributed by atoms with E-state index in [1.165, 1.54) is 0 Å². The Balaban J connectivity index is 1.84. The molecule has 1 saturated heterocycles. The van der Waals surface area contributed by atoms with Crippen LogP contribution in [-0.2, 0) is 15.1 Å². The molecule has 1 fully saturated rings. The van der Waals surface area contributed by atoms with Gasteiger partial charge in [0.2, 0.25) is 5.95 Å². The van der Waals surface area contributed by atoms with Gasteiger partial charge in [-0.2, -0.15) is 4.98 Å². The number of carbonyl (C=O) groups excluding carboxylic acids is 1. The van der Waals surface area contributed by atoms with E-state index in [0.717, 1.165) is 24.9 Å². The predicted molar refractivity (Wildman–Crippen MR) is 127 cm³/mol. The minimum atomic E-state index is -0.317. The lowest BCUT2D eigenvalue weighted by Gasteiger charge is -2.31. The summed E-state index contributed by atoms with van der Waals surface area (Å²) in [6.07, 6.45) is 1.66. The summed E-state index contributed by atoms with van der Waals surface area (Å²) in [7, 11) is 0. The van der Waals surface area contributed by atoms with Gasteiger partial charge in [-0.05, 0) is 52.7 Å². The van der Waals surface area contributed by atoms with Crippen LogP contribution < -0.4 is 10.6 Å². The zero-order valence-corrected chi connectivity index (χ0v) is 19.7. The summed E-state index contributed by atoms with van der Waals surface area (Å²) >= 11 is 6.11. The van der Waals surface area contributed by atoms with E-state index in [0.29, 0.717) is 46.7 Å². The number of nitrogens with two attached hydrogens (primary N) is 1. The Hall–Kier alpha value is -2.87. The van der Waals surface area contributed by atoms with Crippen molar-refractivity contribution in [3.63, 3.8) is 0 Å². The van der Waals surface area contributed by atoms with Gasteiger partial charge in [-0.3, -0.25) is 4.79 Å². The number of fused-ring (bicyclic) bond motifs is 1. The number of nitrogen functional groups attached to an aromatic ring is 1. The van der Waals surface area contributed by atoms with Gasteiger partial charge in [-0.15, -0.1) is 5.10 Å². The largest absolute Gasteiger partial charge is 0.466 e. The molecule has 0 bridgehead atoms. The molecule has 0 saturated carbocycles. The van der Waals surface area contributed by atoms with E-state index < -0.39 is 0 Å². The monoisotopic (exact) mass is 456 g/mol. The fourth-order valence-corrected chi connectivity index (χ4v) is 4.21. The van der Waals surface area contributed by atoms with Crippen LogP contribution in [0.2, 0.25) is 5.02 Å². The number of piperidine rings is 1. The van der Waals surface area contributed by atoms with Gasteiger partial charge in [0.1, 0.15) is 5.82 Å². The van der Waals surface area contributed by atoms with Crippen LogP contribution in [-0.4, -0.2) is 45.4 Å². The van der Waals surface area contributed by atoms with Crippen molar-refractivity contribution >= 4 is 40.4 Å². The molecule has 1 aromatic carbocycles. The quantitative estimate of drug-likeness (QED) is 0.585. The van der Waals surface area contributed by atoms with Crippen molar-refractivity contribution in [3.8, 4) is 11.3 Å². The molecule has 1 aliphatic heterocycles. The van der Waals surface area contributed by atoms with Crippen LogP contribution in [0.1, 0.15) is 40.5 Å². The van der Waals surface area contributed by atoms with E-state index in [1.807, 2.05) is 56.9 Å². The van der Waals surface area contributed by atoms with Crippen LogP contribution in [0.5, 0.6) is 0 Å². The number of esters is 1. The van der Waals surface area contributed by atoms with Crippen LogP contribution in [0, 0.1) is 5.92 Å². The van der Waals surface area contributed by atoms with Crippen molar-refractivity contribution in [1.29, 1.82) is 0 Å². The Bertz CT molecular complexity index is 1140. The third kappa shape index (κ3) is 4.24. The second kappa shape index (κ2) is 8.58. The Morgan fingerprint density at radius 3 is 2.62 bits per heavy atom. The van der Waals surface area contributed by atoms with Crippen LogP contribution >= 0.6 is 11.6 Å². The standard InChI is InChI=1S/C23H29ClN6O2/c1-5-32-21(31)15-7-6-12-29(13-15)22-26-18(14-8-10-16(24)11-9-14)17-19(25)30(23(2,3)4)28-20(17)27-22/h8-11,15H,5-7,12-13,25H2,1-4H3. The maximum Gasteiger partial charge on any atom is 0.310 e. The summed E-state index contributed by atoms with van der Waals surface area (Å²) in [5.41, 5.74) is 8.33. The van der Waals surface area contributed by atoms with Gasteiger partial charge < -0.3 is 15.4 Å². The molecule has 0 amide bonds. The van der Waals surface area contributed by atoms with Crippen LogP contribution in [0.3, 0.4) is 0 Å². The number of rotatable bonds is 4. The number of hydrogen-bond donors (Lipinski definition) is 1. The number of carbonyl (C=O) groups is 1. The average molecular weight is 457 g/mol. The summed E-state index contributed by atoms with van der Waals surface area (Å²) in [5.74, 6) is 0.693. The number of anilines is 2. The maximum atomic E-state index is 12.3. The molecule has 0 radical (unpaired) electrons. The SMILES string of the molecule is CCOC(=O)C1CCCN(c2nc(-c3ccc(Cl)cc3)c3c(N)n(C(C)(C)C)nc3n2)C1. The van der Waals surface area contributed by atoms with Gasteiger partial charge in [-0.1, -0.05) is 23.7 Å². The number of aromatic nitrogens is 4. The van der Waals surface area contributed by atoms with E-state index in [9.17, 15) is 4.79 Å². The molecule has 0 aliphatic carbocycles. The van der Waals surface area contributed by atoms with Gasteiger partial charge >= 0.3 is 5.97 Å². The van der Waals surface area contributed by atoms with E-state index >= 15 is 0 Å². The van der Waals surface area contributed by atoms with Crippen LogP contribution in [0.4, 0.5) is 11.8 Å². The van der Waals surface area contributed by atoms with Gasteiger partial charge in [0.05, 0.1) is 29.1 Å². The maximum absolute atomic E-state index is 12.3. The molecule has 170 valence electrons. The van der Waals surface area contributed by atoms with Gasteiger partial charge in [-0.25, -0.2) is 9.67 Å². The van der Waals surface area contributed by atoms with E-state index in [1.54, 1.807) is 4.68 Å². The Morgan fingerprint density at radius 2 is 1.97 bits per heavy atom. The van der Waals surface area contributed by atoms with E-state index in [2.05, 4.69) is 0 Å². The Morgan fingerprint density at radius 1 is 1.25 bits per heavy atom. The number of nitrogens with zero attached hydrogens (tertiary/aromatic N) is 5. The number of ether oxygens (including phenoxy) is 1. The first-order valence-corrected chi connectivity index (χ1v) is 11.3. The lowest BCUT2D eigenvalue weighted by molar-refractivity contribution is -0.148. The highest BCUT2D eigenvalue weighted by Gasteiger charge is 2.30. The van der Waals surface area contributed by atoms with Crippen molar-refractivity contribution in [1.82, 2.24) is 19.7 Å². The molecule has 2 aromatic heterocycles. The molecular formula is C23H29ClN6O2. The first-order valence-electron chi connectivity index (χ1n) is 10.9. The Kier molecular flexibility index (Phi) is 5.99. The third-order valence-electron chi connectivity index (χ3n) is 5.63. The molecule has 2 N–H and O–H groups in total. The van der Waals surface area contributed by atoms with Gasteiger partial charge in [0.25, 0.3) is 0 Å². The van der Waals surface area contributed by atoms with Crippen molar-refractivity contribution in [2.75, 3.05) is 30.3 Å². The first kappa shape index (κ1) is 22.3. The summed E-state index contributed by atoms with van der Waals surface area (Å²) in [4.78, 5) is 24.0. The molecule has 32 heavy (non-hydrogen) atoms. The highest BCUT2D eigenvalue weighted by molar-refractivity contribution is 6.30. The summed E-state index contributed by atoms with van der Waals surface area (Å²) in [5, 5.41) is 6.08. The molecule has 3 aromatic rings. The topological polar surface area (TPSA) is 99.2 Å². The molecule has 1 unspecified atom stereocenters. The van der Waals surface area contributed by atoms with Crippen molar-refractivity contribution < 1.29 is 9.53 Å². The van der Waals surface area contributed by atoms with Crippen LogP contribution in [0.15, 0.2) is 24.3 Å². The zero-order valence-electron chi connectivity index (χ0n) is 18.9. The normalized spacial score (nSPS) is 17.0. The average Bonchev–Trinajstić information content (AvgIpc) is 3.11. The van der Waals surface area contributed by atoms with Gasteiger partial charge in [0, 0.05) is 23.7 Å². The van der Waals surface area contributed by atoms with Crippen molar-refractivity contribution in [2.45, 2.75) is 46.1 Å². The van der Waals surface area contributed by atoms with Crippen molar-refractivity contribution in [3.05, 3.63) is 29.3 Å². The summed E-state index contributed by atoms with van der Waals surface area (Å²) < 4.78 is 7.03. The number of benzene rings is 1. The first-order chi connectivity index (χ1) is 15.2. The summed E-state index contributed by atoms with van der Waals surface area (Å²) in [6.45, 7) is 9.60. The van der Waals surface area contributed by atoms with E-state index in [-0.39, 0.29) is 17.4 Å². The third-order valence-corrected chi connectivity index (χ3v) is 5.89. The molecule has 9 heteroatoms. The molecule has 1 aliphatic rings. The minimum absolute atomic E-state index is 0.169. The molecule has 4 rings (SSSR count). The molecular weight excluding hydrogens is 428 g/mol. The highest BCUT2D eigenvalue weighted by Crippen LogP contribution is 2.35. The lowest BCUT2D eigenvalue weighted by atomic mass is 9.98. The van der Waals surface area contributed by atoms with E-state index in [4.69, 9.17) is 37.1 Å². The minimum Gasteiger partial charge on any atom is -0.466 e. The number of halogens is 1. The van der Waals surface area contributed by atoms with Crippen LogP contribution in [0.25, 0.3) is 22.3 Å². The zero-order chi connectivity index (χ0) is 23.0. The predicted octanol–water partition coefficient (Wildman–Crippen LogP) is 4.26. The molecule has 8 nitrogen and oxygen atoms in total. The fourth-order valence-electron chi connectivity index (χ4n) is 4.08. The molecule has 0 spiro atoms. The highest BCUT2D eigenvalue weighted by atomic mass is 35.5. The molecule has 3 heterocycles. The lowest BCUT2D eigenvalue weighted by Crippen LogP contribution is -2.40. The second-order valence-electron chi connectivity index (χ2n) is 9.08. The smallest absolute Gasteiger partial charge is 0.310 e. The van der Waals surface area contributed by atoms with Gasteiger partial charge in [0.15, 0.2) is 5.65 Å².